The van der Waals surface area contributed by atoms with Gasteiger partial charge in [0.2, 0.25) is 0 Å². The number of hydrogen-bond donors (Lipinski definition) is 1. The maximum absolute atomic E-state index is 11.5. The summed E-state index contributed by atoms with van der Waals surface area (Å²) in [5.41, 5.74) is 4.25. The van der Waals surface area contributed by atoms with Crippen molar-refractivity contribution in [2.45, 2.75) is 59.3 Å². The van der Waals surface area contributed by atoms with Crippen molar-refractivity contribution >= 4 is 11.8 Å². The average molecular weight is 354 g/mol. The highest BCUT2D eigenvalue weighted by Gasteiger charge is 2.08. The van der Waals surface area contributed by atoms with Crippen molar-refractivity contribution in [3.63, 3.8) is 0 Å². The molecule has 2 aromatic carbocycles. The van der Waals surface area contributed by atoms with Gasteiger partial charge in [-0.2, -0.15) is 0 Å². The van der Waals surface area contributed by atoms with Crippen LogP contribution < -0.4 is 0 Å². The first-order valence-electron chi connectivity index (χ1n) is 9.30. The second-order valence-electron chi connectivity index (χ2n) is 6.56. The highest BCUT2D eigenvalue weighted by atomic mass is 16.4. The molecule has 2 aromatic rings. The number of benzene rings is 2. The van der Waals surface area contributed by atoms with E-state index in [1.807, 2.05) is 19.9 Å². The summed E-state index contributed by atoms with van der Waals surface area (Å²) in [5.74, 6) is -1.05. The van der Waals surface area contributed by atoms with Crippen LogP contribution >= 0.6 is 0 Å². The first kappa shape index (κ1) is 21.6. The van der Waals surface area contributed by atoms with Gasteiger partial charge in [0, 0.05) is 12.0 Å². The Morgan fingerprint density at radius 1 is 0.885 bits per heavy atom. The van der Waals surface area contributed by atoms with Crippen molar-refractivity contribution in [2.24, 2.45) is 0 Å². The second kappa shape index (κ2) is 12.0. The Labute approximate surface area is 157 Å². The molecule has 0 fully saturated rings. The largest absolute Gasteiger partial charge is 0.481 e. The average Bonchev–Trinajstić information content (AvgIpc) is 2.63. The molecule has 26 heavy (non-hydrogen) atoms. The first-order valence-corrected chi connectivity index (χ1v) is 9.30. The monoisotopic (exact) mass is 354 g/mol. The Kier molecular flexibility index (Phi) is 9.99. The number of aliphatic carboxylic acids is 1. The van der Waals surface area contributed by atoms with Gasteiger partial charge in [-0.05, 0) is 49.4 Å². The van der Waals surface area contributed by atoms with Crippen LogP contribution in [0, 0.1) is 13.8 Å². The molecule has 2 rings (SSSR count). The molecule has 3 heteroatoms. The van der Waals surface area contributed by atoms with Crippen LogP contribution in [0.4, 0.5) is 0 Å². The summed E-state index contributed by atoms with van der Waals surface area (Å²) >= 11 is 0. The normalized spacial score (nSPS) is 9.96. The lowest BCUT2D eigenvalue weighted by molar-refractivity contribution is -0.136. The van der Waals surface area contributed by atoms with Crippen molar-refractivity contribution in [1.29, 1.82) is 0 Å². The number of rotatable bonds is 8. The predicted molar refractivity (Wildman–Crippen MR) is 107 cm³/mol. The minimum atomic E-state index is -0.938. The minimum absolute atomic E-state index is 0.0673. The Bertz CT molecular complexity index is 690. The number of Topliss-reactive ketones (excluding diaryl/α,β-unsaturated/α-hetero) is 1. The third-order valence-corrected chi connectivity index (χ3v) is 4.31. The van der Waals surface area contributed by atoms with Crippen LogP contribution in [0.2, 0.25) is 0 Å². The smallest absolute Gasteiger partial charge is 0.303 e. The van der Waals surface area contributed by atoms with Crippen LogP contribution in [-0.2, 0) is 11.2 Å². The van der Waals surface area contributed by atoms with E-state index in [4.69, 9.17) is 5.11 Å². The number of hydrogen-bond acceptors (Lipinski definition) is 2. The Hall–Kier alpha value is -2.42. The summed E-state index contributed by atoms with van der Waals surface area (Å²) in [6.45, 7) is 6.15. The summed E-state index contributed by atoms with van der Waals surface area (Å²) in [6, 6.07) is 16.1. The van der Waals surface area contributed by atoms with Crippen molar-refractivity contribution in [2.75, 3.05) is 0 Å². The molecule has 0 aromatic heterocycles. The molecule has 140 valence electrons. The molecule has 3 nitrogen and oxygen atoms in total. The quantitative estimate of drug-likeness (QED) is 0.483. The summed E-state index contributed by atoms with van der Waals surface area (Å²) in [6.07, 6.45) is 5.21. The molecule has 0 amide bonds. The van der Waals surface area contributed by atoms with E-state index in [1.165, 1.54) is 31.2 Å². The second-order valence-corrected chi connectivity index (χ2v) is 6.56. The fourth-order valence-electron chi connectivity index (χ4n) is 2.50. The van der Waals surface area contributed by atoms with Gasteiger partial charge >= 0.3 is 5.97 Å². The zero-order valence-corrected chi connectivity index (χ0v) is 16.1. The lowest BCUT2D eigenvalue weighted by Crippen LogP contribution is -2.04. The molecule has 0 unspecified atom stereocenters. The van der Waals surface area contributed by atoms with Gasteiger partial charge < -0.3 is 5.11 Å². The van der Waals surface area contributed by atoms with E-state index in [0.29, 0.717) is 5.56 Å². The Balaban J connectivity index is 0.000000273. The number of carboxylic acids is 1. The number of carbonyl (C=O) groups excluding carboxylic acids is 1. The molecular formula is C23H30O3. The van der Waals surface area contributed by atoms with E-state index in [9.17, 15) is 9.59 Å². The van der Waals surface area contributed by atoms with Gasteiger partial charge in [0.1, 0.15) is 0 Å². The van der Waals surface area contributed by atoms with Gasteiger partial charge in [0.25, 0.3) is 0 Å². The lowest BCUT2D eigenvalue weighted by atomic mass is 10.0. The molecular weight excluding hydrogens is 324 g/mol. The van der Waals surface area contributed by atoms with E-state index in [0.717, 1.165) is 11.1 Å². The fraction of sp³-hybridized carbons (Fsp3) is 0.391. The highest BCUT2D eigenvalue weighted by molar-refractivity contribution is 5.97. The van der Waals surface area contributed by atoms with Gasteiger partial charge in [0.15, 0.2) is 5.78 Å². The number of aryl methyl sites for hydroxylation is 3. The molecule has 0 spiro atoms. The van der Waals surface area contributed by atoms with Crippen molar-refractivity contribution < 1.29 is 14.7 Å². The van der Waals surface area contributed by atoms with Crippen LogP contribution in [0.15, 0.2) is 48.5 Å². The van der Waals surface area contributed by atoms with Crippen LogP contribution in [0.1, 0.15) is 66.1 Å². The number of carboxylic acid groups (broad SMARTS) is 1. The highest BCUT2D eigenvalue weighted by Crippen LogP contribution is 2.12. The zero-order valence-electron chi connectivity index (χ0n) is 16.1. The van der Waals surface area contributed by atoms with Gasteiger partial charge in [0.05, 0.1) is 6.42 Å². The van der Waals surface area contributed by atoms with Crippen LogP contribution in [-0.4, -0.2) is 16.9 Å². The van der Waals surface area contributed by atoms with E-state index in [2.05, 4.69) is 37.3 Å². The summed E-state index contributed by atoms with van der Waals surface area (Å²) < 4.78 is 0. The first-order chi connectivity index (χ1) is 12.4. The number of unbranched alkanes of at least 4 members (excludes halogenated alkanes) is 2. The Morgan fingerprint density at radius 2 is 1.58 bits per heavy atom. The molecule has 0 aliphatic heterocycles. The van der Waals surface area contributed by atoms with E-state index < -0.39 is 5.97 Å². The molecule has 0 radical (unpaired) electrons. The summed E-state index contributed by atoms with van der Waals surface area (Å²) in [5, 5.41) is 8.46. The predicted octanol–water partition coefficient (Wildman–Crippen LogP) is 5.77. The van der Waals surface area contributed by atoms with E-state index >= 15 is 0 Å². The van der Waals surface area contributed by atoms with Crippen molar-refractivity contribution in [3.8, 4) is 0 Å². The van der Waals surface area contributed by atoms with E-state index in [1.54, 1.807) is 12.1 Å². The SMILES string of the molecule is CCCCCc1ccccc1.Cc1ccc(C(=O)CCC(=O)O)cc1C. The zero-order chi connectivity index (χ0) is 19.4. The molecule has 0 aliphatic carbocycles. The molecule has 0 bridgehead atoms. The number of ketones is 1. The molecule has 0 saturated heterocycles. The van der Waals surface area contributed by atoms with Crippen LogP contribution in [0.5, 0.6) is 0 Å². The number of carbonyl (C=O) groups is 2. The van der Waals surface area contributed by atoms with Crippen LogP contribution in [0.25, 0.3) is 0 Å². The van der Waals surface area contributed by atoms with E-state index in [-0.39, 0.29) is 18.6 Å². The molecule has 0 aliphatic rings. The molecule has 0 heterocycles. The maximum atomic E-state index is 11.5. The molecule has 0 saturated carbocycles. The Morgan fingerprint density at radius 3 is 2.15 bits per heavy atom. The minimum Gasteiger partial charge on any atom is -0.481 e. The van der Waals surface area contributed by atoms with Crippen molar-refractivity contribution in [1.82, 2.24) is 0 Å². The standard InChI is InChI=1S/C12H14O3.C11H16/c1-8-3-4-10(7-9(8)2)11(13)5-6-12(14)15;1-2-3-5-8-11-9-6-4-7-10-11/h3-4,7H,5-6H2,1-2H3,(H,14,15);4,6-7,9-10H,2-3,5,8H2,1H3. The maximum Gasteiger partial charge on any atom is 0.303 e. The summed E-state index contributed by atoms with van der Waals surface area (Å²) in [7, 11) is 0. The molecule has 0 atom stereocenters. The third-order valence-electron chi connectivity index (χ3n) is 4.31. The lowest BCUT2D eigenvalue weighted by Gasteiger charge is -2.03. The van der Waals surface area contributed by atoms with Gasteiger partial charge in [-0.3, -0.25) is 9.59 Å². The van der Waals surface area contributed by atoms with Gasteiger partial charge in [-0.25, -0.2) is 0 Å². The topological polar surface area (TPSA) is 54.4 Å². The van der Waals surface area contributed by atoms with Gasteiger partial charge in [-0.1, -0.05) is 62.2 Å². The summed E-state index contributed by atoms with van der Waals surface area (Å²) in [4.78, 5) is 21.9. The fourth-order valence-corrected chi connectivity index (χ4v) is 2.50. The third kappa shape index (κ3) is 8.61. The van der Waals surface area contributed by atoms with Crippen molar-refractivity contribution in [3.05, 3.63) is 70.8 Å². The molecule has 1 N–H and O–H groups in total. The van der Waals surface area contributed by atoms with Gasteiger partial charge in [-0.15, -0.1) is 0 Å². The van der Waals surface area contributed by atoms with Crippen LogP contribution in [0.3, 0.4) is 0 Å².